The Balaban J connectivity index is 1.48. The highest BCUT2D eigenvalue weighted by atomic mass is 16.2. The minimum Gasteiger partial charge on any atom is -0.341 e. The first-order valence-electron chi connectivity index (χ1n) is 7.48. The van der Waals surface area contributed by atoms with E-state index in [2.05, 4.69) is 17.1 Å². The topological polar surface area (TPSA) is 35.6 Å². The molecule has 4 rings (SSSR count). The number of nitrogens with zero attached hydrogens (tertiary/aromatic N) is 2. The average Bonchev–Trinajstić information content (AvgIpc) is 2.76. The molecule has 0 aromatic heterocycles. The summed E-state index contributed by atoms with van der Waals surface area (Å²) >= 11 is 0. The van der Waals surface area contributed by atoms with Gasteiger partial charge < -0.3 is 15.1 Å². The third-order valence-corrected chi connectivity index (χ3v) is 4.82. The molecule has 1 N–H and O–H groups in total. The van der Waals surface area contributed by atoms with Gasteiger partial charge in [-0.05, 0) is 45.2 Å². The first-order chi connectivity index (χ1) is 8.72. The van der Waals surface area contributed by atoms with E-state index >= 15 is 0 Å². The molecule has 102 valence electrons. The minimum absolute atomic E-state index is 0.345. The van der Waals surface area contributed by atoms with Crippen molar-refractivity contribution in [3.05, 3.63) is 0 Å². The highest BCUT2D eigenvalue weighted by molar-refractivity contribution is 5.78. The third-order valence-electron chi connectivity index (χ3n) is 4.82. The van der Waals surface area contributed by atoms with Gasteiger partial charge in [-0.3, -0.25) is 4.79 Å². The molecule has 0 aromatic rings. The molecule has 0 aromatic carbocycles. The number of likely N-dealkylation sites (tertiary alicyclic amines) is 1. The van der Waals surface area contributed by atoms with E-state index in [1.165, 1.54) is 32.5 Å². The predicted octanol–water partition coefficient (Wildman–Crippen LogP) is 0.681. The number of carbonyl (C=O) groups excluding carboxylic acids is 1. The highest BCUT2D eigenvalue weighted by Gasteiger charge is 2.34. The number of rotatable bonds is 4. The Labute approximate surface area is 110 Å². The van der Waals surface area contributed by atoms with Crippen LogP contribution in [0, 0.1) is 5.92 Å². The van der Waals surface area contributed by atoms with Crippen molar-refractivity contribution >= 4 is 5.91 Å². The summed E-state index contributed by atoms with van der Waals surface area (Å²) in [7, 11) is 0. The summed E-state index contributed by atoms with van der Waals surface area (Å²) in [4.78, 5) is 16.2. The van der Waals surface area contributed by atoms with Gasteiger partial charge >= 0.3 is 0 Å². The van der Waals surface area contributed by atoms with Crippen LogP contribution in [0.2, 0.25) is 0 Å². The fourth-order valence-electron chi connectivity index (χ4n) is 3.80. The lowest BCUT2D eigenvalue weighted by atomic mass is 9.84. The standard InChI is InChI=1S/C14H25N3O/c1-11(9-17-6-2-3-14(17)18)15-13-10-16-7-4-12(13)5-8-16/h11-13,15H,2-10H2,1H3. The summed E-state index contributed by atoms with van der Waals surface area (Å²) in [6.07, 6.45) is 4.51. The largest absolute Gasteiger partial charge is 0.341 e. The van der Waals surface area contributed by atoms with E-state index in [0.717, 1.165) is 31.8 Å². The number of nitrogens with one attached hydrogen (secondary N) is 1. The van der Waals surface area contributed by atoms with Gasteiger partial charge in [0.05, 0.1) is 0 Å². The molecule has 0 saturated carbocycles. The lowest BCUT2D eigenvalue weighted by Gasteiger charge is -2.46. The van der Waals surface area contributed by atoms with Crippen molar-refractivity contribution in [3.8, 4) is 0 Å². The van der Waals surface area contributed by atoms with E-state index in [4.69, 9.17) is 0 Å². The van der Waals surface area contributed by atoms with Gasteiger partial charge in [0.25, 0.3) is 0 Å². The van der Waals surface area contributed by atoms with Gasteiger partial charge in [0, 0.05) is 38.1 Å². The Morgan fingerprint density at radius 3 is 2.67 bits per heavy atom. The van der Waals surface area contributed by atoms with Crippen LogP contribution in [0.3, 0.4) is 0 Å². The third kappa shape index (κ3) is 2.54. The molecule has 4 heterocycles. The van der Waals surface area contributed by atoms with Crippen molar-refractivity contribution in [1.29, 1.82) is 0 Å². The molecule has 0 aliphatic carbocycles. The molecule has 4 nitrogen and oxygen atoms in total. The molecular weight excluding hydrogens is 226 g/mol. The minimum atomic E-state index is 0.345. The molecule has 4 heteroatoms. The van der Waals surface area contributed by atoms with E-state index in [9.17, 15) is 4.79 Å². The van der Waals surface area contributed by atoms with Crippen molar-refractivity contribution in [2.45, 2.75) is 44.7 Å². The number of hydrogen-bond donors (Lipinski definition) is 1. The predicted molar refractivity (Wildman–Crippen MR) is 71.4 cm³/mol. The first-order valence-corrected chi connectivity index (χ1v) is 7.48. The van der Waals surface area contributed by atoms with Gasteiger partial charge in [-0.15, -0.1) is 0 Å². The molecule has 4 saturated heterocycles. The summed E-state index contributed by atoms with van der Waals surface area (Å²) in [5.41, 5.74) is 0. The Bertz CT molecular complexity index is 312. The molecule has 2 bridgehead atoms. The normalized spacial score (nSPS) is 37.3. The van der Waals surface area contributed by atoms with Crippen molar-refractivity contribution in [2.75, 3.05) is 32.7 Å². The Morgan fingerprint density at radius 2 is 2.11 bits per heavy atom. The molecule has 0 spiro atoms. The number of fused-ring (bicyclic) bond motifs is 3. The van der Waals surface area contributed by atoms with Crippen molar-refractivity contribution in [3.63, 3.8) is 0 Å². The quantitative estimate of drug-likeness (QED) is 0.798. The van der Waals surface area contributed by atoms with E-state index in [1.54, 1.807) is 0 Å². The summed E-state index contributed by atoms with van der Waals surface area (Å²) in [5.74, 6) is 1.21. The van der Waals surface area contributed by atoms with Gasteiger partial charge in [-0.2, -0.15) is 0 Å². The van der Waals surface area contributed by atoms with Gasteiger partial charge in [0.2, 0.25) is 5.91 Å². The van der Waals surface area contributed by atoms with Crippen LogP contribution < -0.4 is 5.32 Å². The van der Waals surface area contributed by atoms with Crippen LogP contribution in [0.25, 0.3) is 0 Å². The zero-order valence-corrected chi connectivity index (χ0v) is 11.4. The average molecular weight is 251 g/mol. The van der Waals surface area contributed by atoms with Crippen LogP contribution in [0.5, 0.6) is 0 Å². The molecule has 4 aliphatic heterocycles. The molecule has 4 aliphatic rings. The monoisotopic (exact) mass is 251 g/mol. The van der Waals surface area contributed by atoms with Crippen LogP contribution >= 0.6 is 0 Å². The molecular formula is C14H25N3O. The fourth-order valence-corrected chi connectivity index (χ4v) is 3.80. The molecule has 2 unspecified atom stereocenters. The first kappa shape index (κ1) is 12.4. The smallest absolute Gasteiger partial charge is 0.222 e. The Morgan fingerprint density at radius 1 is 1.33 bits per heavy atom. The second-order valence-corrected chi connectivity index (χ2v) is 6.26. The van der Waals surface area contributed by atoms with Crippen LogP contribution in [0.1, 0.15) is 32.6 Å². The van der Waals surface area contributed by atoms with Crippen molar-refractivity contribution in [1.82, 2.24) is 15.1 Å². The summed E-state index contributed by atoms with van der Waals surface area (Å²) < 4.78 is 0. The Hall–Kier alpha value is -0.610. The number of carbonyl (C=O) groups is 1. The van der Waals surface area contributed by atoms with Crippen molar-refractivity contribution in [2.24, 2.45) is 5.92 Å². The number of piperidine rings is 3. The molecule has 18 heavy (non-hydrogen) atoms. The van der Waals surface area contributed by atoms with Gasteiger partial charge in [-0.25, -0.2) is 0 Å². The van der Waals surface area contributed by atoms with E-state index in [0.29, 0.717) is 18.0 Å². The van der Waals surface area contributed by atoms with Crippen LogP contribution in [0.4, 0.5) is 0 Å². The summed E-state index contributed by atoms with van der Waals surface area (Å²) in [6, 6.07) is 1.08. The van der Waals surface area contributed by atoms with Gasteiger partial charge in [-0.1, -0.05) is 0 Å². The maximum atomic E-state index is 11.6. The molecule has 1 amide bonds. The van der Waals surface area contributed by atoms with Crippen LogP contribution in [0.15, 0.2) is 0 Å². The zero-order chi connectivity index (χ0) is 12.5. The number of hydrogen-bond acceptors (Lipinski definition) is 3. The molecule has 4 fully saturated rings. The summed E-state index contributed by atoms with van der Waals surface area (Å²) in [6.45, 7) is 7.88. The fraction of sp³-hybridized carbons (Fsp3) is 0.929. The highest BCUT2D eigenvalue weighted by Crippen LogP contribution is 2.27. The maximum Gasteiger partial charge on any atom is 0.222 e. The SMILES string of the molecule is CC(CN1CCCC1=O)NC1CN2CCC1CC2. The van der Waals surface area contributed by atoms with Gasteiger partial charge in [0.1, 0.15) is 0 Å². The lowest BCUT2D eigenvalue weighted by molar-refractivity contribution is -0.128. The second-order valence-electron chi connectivity index (χ2n) is 6.26. The number of amides is 1. The second kappa shape index (κ2) is 5.17. The van der Waals surface area contributed by atoms with Crippen LogP contribution in [-0.4, -0.2) is 60.5 Å². The van der Waals surface area contributed by atoms with Gasteiger partial charge in [0.15, 0.2) is 0 Å². The molecule has 2 atom stereocenters. The summed E-state index contributed by atoms with van der Waals surface area (Å²) in [5, 5.41) is 3.76. The van der Waals surface area contributed by atoms with Crippen LogP contribution in [-0.2, 0) is 4.79 Å². The van der Waals surface area contributed by atoms with E-state index in [-0.39, 0.29) is 0 Å². The molecule has 0 radical (unpaired) electrons. The van der Waals surface area contributed by atoms with Crippen molar-refractivity contribution < 1.29 is 4.79 Å². The zero-order valence-electron chi connectivity index (χ0n) is 11.4. The van der Waals surface area contributed by atoms with E-state index in [1.807, 2.05) is 4.90 Å². The Kier molecular flexibility index (Phi) is 3.57. The lowest BCUT2D eigenvalue weighted by Crippen LogP contribution is -2.58. The van der Waals surface area contributed by atoms with E-state index < -0.39 is 0 Å². The maximum absolute atomic E-state index is 11.6.